The van der Waals surface area contributed by atoms with Crippen LogP contribution in [0.3, 0.4) is 0 Å². The topological polar surface area (TPSA) is 24.9 Å². The summed E-state index contributed by atoms with van der Waals surface area (Å²) >= 11 is 0. The molecule has 4 aromatic rings. The molecule has 0 saturated carbocycles. The number of fused-ring (bicyclic) bond motifs is 1. The maximum absolute atomic E-state index is 13.5. The number of benzene rings is 3. The van der Waals surface area contributed by atoms with Crippen molar-refractivity contribution >= 4 is 22.3 Å². The van der Waals surface area contributed by atoms with E-state index in [1.54, 1.807) is 12.1 Å². The van der Waals surface area contributed by atoms with Gasteiger partial charge in [0.2, 0.25) is 0 Å². The van der Waals surface area contributed by atoms with E-state index in [0.29, 0.717) is 34.6 Å². The summed E-state index contributed by atoms with van der Waals surface area (Å²) in [5.41, 5.74) is -0.0130. The van der Waals surface area contributed by atoms with Gasteiger partial charge in [-0.15, -0.1) is 0 Å². The van der Waals surface area contributed by atoms with Gasteiger partial charge < -0.3 is 9.80 Å². The average Bonchev–Trinajstić information content (AvgIpc) is 2.89. The molecule has 0 bridgehead atoms. The number of quaternary nitrogens is 1. The van der Waals surface area contributed by atoms with Gasteiger partial charge in [-0.2, -0.15) is 26.3 Å². The van der Waals surface area contributed by atoms with Crippen molar-refractivity contribution in [1.82, 2.24) is 4.98 Å². The van der Waals surface area contributed by atoms with Crippen molar-refractivity contribution in [3.8, 4) is 11.3 Å². The Morgan fingerprint density at radius 1 is 0.775 bits per heavy atom. The Hall–Kier alpha value is -3.59. The Morgan fingerprint density at radius 2 is 1.38 bits per heavy atom. The summed E-state index contributed by atoms with van der Waals surface area (Å²) in [6, 6.07) is 18.0. The lowest BCUT2D eigenvalue weighted by atomic mass is 9.89. The average molecular weight is 559 g/mol. The van der Waals surface area contributed by atoms with Gasteiger partial charge in [-0.1, -0.05) is 36.4 Å². The second kappa shape index (κ2) is 10.4. The van der Waals surface area contributed by atoms with E-state index < -0.39 is 23.5 Å². The van der Waals surface area contributed by atoms with Gasteiger partial charge in [-0.25, -0.2) is 4.98 Å². The van der Waals surface area contributed by atoms with Crippen molar-refractivity contribution in [3.63, 3.8) is 0 Å². The SMILES string of the molecule is C[N+]1(C)CCC(Cc2ccccc2Nc2cc(-c3cc(C(F)(F)F)cc(C(F)(F)F)c3)nc3ccccc23)CC1. The molecule has 5 rings (SSSR count). The molecule has 0 spiro atoms. The molecule has 3 aromatic carbocycles. The van der Waals surface area contributed by atoms with Crippen LogP contribution in [0.5, 0.6) is 0 Å². The van der Waals surface area contributed by atoms with E-state index in [1.807, 2.05) is 30.3 Å². The fourth-order valence-electron chi connectivity index (χ4n) is 5.33. The summed E-state index contributed by atoms with van der Waals surface area (Å²) in [6.45, 7) is 2.21. The number of piperidine rings is 1. The van der Waals surface area contributed by atoms with Crippen LogP contribution in [0.25, 0.3) is 22.2 Å². The highest BCUT2D eigenvalue weighted by molar-refractivity contribution is 5.95. The Labute approximate surface area is 229 Å². The predicted molar refractivity (Wildman–Crippen MR) is 145 cm³/mol. The third-order valence-electron chi connectivity index (χ3n) is 7.68. The number of hydrogen-bond donors (Lipinski definition) is 1. The van der Waals surface area contributed by atoms with Gasteiger partial charge in [0.25, 0.3) is 0 Å². The van der Waals surface area contributed by atoms with Crippen LogP contribution in [0.2, 0.25) is 0 Å². The van der Waals surface area contributed by atoms with E-state index in [0.717, 1.165) is 48.1 Å². The first-order valence-corrected chi connectivity index (χ1v) is 13.2. The van der Waals surface area contributed by atoms with E-state index in [9.17, 15) is 26.3 Å². The molecular formula is C31H30F6N3+. The van der Waals surface area contributed by atoms with Crippen LogP contribution in [0, 0.1) is 5.92 Å². The number of pyridine rings is 1. The number of aromatic nitrogens is 1. The zero-order valence-electron chi connectivity index (χ0n) is 22.2. The second-order valence-electron chi connectivity index (χ2n) is 11.2. The summed E-state index contributed by atoms with van der Waals surface area (Å²) in [5, 5.41) is 4.14. The number of likely N-dealkylation sites (tertiary alicyclic amines) is 1. The van der Waals surface area contributed by atoms with E-state index >= 15 is 0 Å². The van der Waals surface area contributed by atoms with Gasteiger partial charge in [0.1, 0.15) is 0 Å². The molecule has 0 amide bonds. The molecule has 1 saturated heterocycles. The summed E-state index contributed by atoms with van der Waals surface area (Å²) in [4.78, 5) is 4.45. The first-order valence-electron chi connectivity index (χ1n) is 13.2. The summed E-state index contributed by atoms with van der Waals surface area (Å²) in [7, 11) is 4.47. The van der Waals surface area contributed by atoms with E-state index in [2.05, 4.69) is 30.5 Å². The van der Waals surface area contributed by atoms with Crippen LogP contribution in [0.1, 0.15) is 29.5 Å². The zero-order valence-corrected chi connectivity index (χ0v) is 22.2. The minimum Gasteiger partial charge on any atom is -0.355 e. The van der Waals surface area contributed by atoms with Gasteiger partial charge in [-0.3, -0.25) is 0 Å². The van der Waals surface area contributed by atoms with Crippen LogP contribution in [0.15, 0.2) is 72.8 Å². The molecule has 0 radical (unpaired) electrons. The van der Waals surface area contributed by atoms with Gasteiger partial charge >= 0.3 is 12.4 Å². The number of alkyl halides is 6. The molecule has 0 unspecified atom stereocenters. The number of nitrogens with zero attached hydrogens (tertiary/aromatic N) is 2. The maximum Gasteiger partial charge on any atom is 0.416 e. The number of nitrogens with one attached hydrogen (secondary N) is 1. The molecule has 1 aromatic heterocycles. The van der Waals surface area contributed by atoms with Crippen LogP contribution in [0.4, 0.5) is 37.7 Å². The first-order chi connectivity index (χ1) is 18.8. The molecule has 1 aliphatic rings. The largest absolute Gasteiger partial charge is 0.416 e. The normalized spacial score (nSPS) is 16.3. The third kappa shape index (κ3) is 6.25. The Kier molecular flexibility index (Phi) is 7.29. The molecule has 0 atom stereocenters. The van der Waals surface area contributed by atoms with E-state index in [1.165, 1.54) is 6.07 Å². The number of para-hydroxylation sites is 2. The molecule has 2 heterocycles. The zero-order chi connectivity index (χ0) is 28.7. The summed E-state index contributed by atoms with van der Waals surface area (Å²) in [6.07, 6.45) is -6.79. The molecule has 1 aliphatic heterocycles. The highest BCUT2D eigenvalue weighted by Crippen LogP contribution is 2.40. The fraction of sp³-hybridized carbons (Fsp3) is 0.323. The Balaban J connectivity index is 1.55. The highest BCUT2D eigenvalue weighted by atomic mass is 19.4. The van der Waals surface area contributed by atoms with Crippen molar-refractivity contribution < 1.29 is 30.8 Å². The molecule has 9 heteroatoms. The molecule has 1 N–H and O–H groups in total. The molecule has 1 fully saturated rings. The Bertz CT molecular complexity index is 1480. The van der Waals surface area contributed by atoms with Crippen molar-refractivity contribution in [2.24, 2.45) is 5.92 Å². The van der Waals surface area contributed by atoms with Crippen LogP contribution >= 0.6 is 0 Å². The standard InChI is InChI=1S/C31H30F6N3/c1-40(2)13-11-20(12-14-40)15-21-7-3-5-9-26(21)38-29-19-28(39-27-10-6-4-8-25(27)29)22-16-23(30(32,33)34)18-24(17-22)31(35,36)37/h3-10,16-20H,11-15H2,1-2H3,(H,38,39)/q+1. The van der Waals surface area contributed by atoms with Crippen molar-refractivity contribution in [1.29, 1.82) is 0 Å². The van der Waals surface area contributed by atoms with Crippen LogP contribution in [-0.2, 0) is 18.8 Å². The maximum atomic E-state index is 13.5. The minimum atomic E-state index is -4.94. The number of halogens is 6. The summed E-state index contributed by atoms with van der Waals surface area (Å²) in [5.74, 6) is 0.532. The predicted octanol–water partition coefficient (Wildman–Crippen LogP) is 8.71. The fourth-order valence-corrected chi connectivity index (χ4v) is 5.33. The monoisotopic (exact) mass is 558 g/mol. The smallest absolute Gasteiger partial charge is 0.355 e. The number of hydrogen-bond acceptors (Lipinski definition) is 2. The quantitative estimate of drug-likeness (QED) is 0.196. The molecule has 0 aliphatic carbocycles. The van der Waals surface area contributed by atoms with Gasteiger partial charge in [-0.05, 0) is 67.1 Å². The summed E-state index contributed by atoms with van der Waals surface area (Å²) < 4.78 is 82.3. The van der Waals surface area contributed by atoms with Crippen molar-refractivity contribution in [3.05, 3.63) is 89.5 Å². The van der Waals surface area contributed by atoms with Crippen molar-refractivity contribution in [2.45, 2.75) is 31.6 Å². The molecule has 40 heavy (non-hydrogen) atoms. The van der Waals surface area contributed by atoms with Gasteiger partial charge in [0, 0.05) is 16.6 Å². The van der Waals surface area contributed by atoms with E-state index in [4.69, 9.17) is 0 Å². The Morgan fingerprint density at radius 3 is 2.02 bits per heavy atom. The molecule has 3 nitrogen and oxygen atoms in total. The first kappa shape index (κ1) is 28.0. The third-order valence-corrected chi connectivity index (χ3v) is 7.68. The van der Waals surface area contributed by atoms with Crippen molar-refractivity contribution in [2.75, 3.05) is 32.5 Å². The molecule has 210 valence electrons. The van der Waals surface area contributed by atoms with Gasteiger partial charge in [0.05, 0.1) is 55.2 Å². The number of rotatable bonds is 5. The van der Waals surface area contributed by atoms with Crippen LogP contribution in [-0.4, -0.2) is 36.7 Å². The van der Waals surface area contributed by atoms with E-state index in [-0.39, 0.29) is 17.3 Å². The van der Waals surface area contributed by atoms with Crippen LogP contribution < -0.4 is 5.32 Å². The lowest BCUT2D eigenvalue weighted by molar-refractivity contribution is -0.896. The highest BCUT2D eigenvalue weighted by Gasteiger charge is 2.37. The lowest BCUT2D eigenvalue weighted by Crippen LogP contribution is -2.46. The lowest BCUT2D eigenvalue weighted by Gasteiger charge is -2.37. The molecular weight excluding hydrogens is 528 g/mol. The van der Waals surface area contributed by atoms with Gasteiger partial charge in [0.15, 0.2) is 0 Å². The second-order valence-corrected chi connectivity index (χ2v) is 11.2. The minimum absolute atomic E-state index is 0.0163. The number of anilines is 2.